The van der Waals surface area contributed by atoms with Crippen LogP contribution in [0.4, 0.5) is 0 Å². The van der Waals surface area contributed by atoms with Crippen LogP contribution in [0.25, 0.3) is 0 Å². The molecule has 0 amide bonds. The third kappa shape index (κ3) is 10.7. The van der Waals surface area contributed by atoms with Gasteiger partial charge in [0.15, 0.2) is 0 Å². The Bertz CT molecular complexity index is 842. The normalized spacial score (nSPS) is 16.1. The number of unbranched alkanes of at least 4 members (excludes halogenated alkanes) is 2. The van der Waals surface area contributed by atoms with E-state index in [-0.39, 0.29) is 12.2 Å². The molecule has 1 N–H and O–H groups in total. The zero-order valence-corrected chi connectivity index (χ0v) is 21.4. The summed E-state index contributed by atoms with van der Waals surface area (Å²) in [6.45, 7) is 4.59. The molecular formula is C24H39BN2O6S. The van der Waals surface area contributed by atoms with Crippen LogP contribution in [0.3, 0.4) is 0 Å². The number of nitrogens with zero attached hydrogens (tertiary/aromatic N) is 1. The van der Waals surface area contributed by atoms with E-state index < -0.39 is 22.0 Å². The molecule has 0 radical (unpaired) electrons. The molecule has 1 aliphatic heterocycles. The van der Waals surface area contributed by atoms with Crippen molar-refractivity contribution >= 4 is 23.1 Å². The fraction of sp³-hybridized carbons (Fsp3) is 0.708. The summed E-state index contributed by atoms with van der Waals surface area (Å²) in [6, 6.07) is 6.43. The van der Waals surface area contributed by atoms with Crippen LogP contribution >= 0.6 is 0 Å². The van der Waals surface area contributed by atoms with Crippen LogP contribution in [0.15, 0.2) is 24.3 Å². The van der Waals surface area contributed by atoms with Crippen LogP contribution < -0.4 is 9.46 Å². The van der Waals surface area contributed by atoms with Crippen LogP contribution in [0.5, 0.6) is 5.75 Å². The fourth-order valence-corrected chi connectivity index (χ4v) is 5.57. The number of benzene rings is 1. The first kappa shape index (κ1) is 28.5. The van der Waals surface area contributed by atoms with E-state index in [2.05, 4.69) is 9.62 Å². The molecule has 1 aromatic carbocycles. The molecule has 1 atom stereocenters. The number of carbonyl (C=O) groups excluding carboxylic acids is 1. The van der Waals surface area contributed by atoms with E-state index in [4.69, 9.17) is 9.47 Å². The van der Waals surface area contributed by atoms with Crippen molar-refractivity contribution in [3.63, 3.8) is 0 Å². The molecule has 1 heterocycles. The van der Waals surface area contributed by atoms with Gasteiger partial charge < -0.3 is 4.74 Å². The van der Waals surface area contributed by atoms with Crippen LogP contribution in [-0.2, 0) is 30.7 Å². The fourth-order valence-electron chi connectivity index (χ4n) is 4.17. The molecule has 190 valence electrons. The molecular weight excluding hydrogens is 455 g/mol. The number of hydrogen-bond acceptors (Lipinski definition) is 7. The minimum atomic E-state index is -3.55. The molecule has 2 rings (SSSR count). The van der Waals surface area contributed by atoms with Gasteiger partial charge in [-0.1, -0.05) is 25.5 Å². The van der Waals surface area contributed by atoms with E-state index in [1.807, 2.05) is 31.2 Å². The third-order valence-corrected chi connectivity index (χ3v) is 7.72. The van der Waals surface area contributed by atoms with Crippen LogP contribution in [0.1, 0.15) is 57.4 Å². The molecule has 1 unspecified atom stereocenters. The van der Waals surface area contributed by atoms with E-state index in [1.54, 1.807) is 0 Å². The maximum absolute atomic E-state index is 12.2. The molecule has 0 saturated carbocycles. The van der Waals surface area contributed by atoms with Crippen LogP contribution in [-0.4, -0.2) is 71.5 Å². The van der Waals surface area contributed by atoms with E-state index in [0.29, 0.717) is 19.5 Å². The quantitative estimate of drug-likeness (QED) is 0.214. The third-order valence-electron chi connectivity index (χ3n) is 6.25. The number of nitrogens with one attached hydrogen (secondary N) is 1. The van der Waals surface area contributed by atoms with Crippen LogP contribution in [0, 0.1) is 5.92 Å². The number of methoxy groups -OCH3 is 1. The first-order valence-electron chi connectivity index (χ1n) is 12.3. The van der Waals surface area contributed by atoms with Gasteiger partial charge in [-0.05, 0) is 18.4 Å². The van der Waals surface area contributed by atoms with Crippen molar-refractivity contribution in [2.24, 2.45) is 5.92 Å². The standard InChI is InChI=1S/C24H39BN2O6S/c1-3-4-17-34(30,31)26-23(24(28)32-2)18-21-8-10-22(11-9-21)33-16-6-5-7-20-12-14-27(15-13-20)19-25-29/h8-11,20,23,26H,3-7,12-19H2,1-2H3. The van der Waals surface area contributed by atoms with Crippen molar-refractivity contribution in [1.29, 1.82) is 0 Å². The smallest absolute Gasteiger partial charge is 0.468 e. The molecule has 0 aromatic heterocycles. The number of piperidine rings is 1. The molecule has 1 fully saturated rings. The minimum Gasteiger partial charge on any atom is -0.468 e. The topological polar surface area (TPSA) is 102 Å². The van der Waals surface area contributed by atoms with Gasteiger partial charge in [-0.15, -0.1) is 0 Å². The average molecular weight is 494 g/mol. The second-order valence-electron chi connectivity index (χ2n) is 8.97. The Balaban J connectivity index is 1.73. The van der Waals surface area contributed by atoms with Crippen LogP contribution in [0.2, 0.25) is 0 Å². The Morgan fingerprint density at radius 3 is 2.50 bits per heavy atom. The summed E-state index contributed by atoms with van der Waals surface area (Å²) in [5.41, 5.74) is 0.821. The number of hydrogen-bond donors (Lipinski definition) is 1. The summed E-state index contributed by atoms with van der Waals surface area (Å²) in [4.78, 5) is 14.3. The number of rotatable bonds is 16. The molecule has 1 aliphatic rings. The summed E-state index contributed by atoms with van der Waals surface area (Å²) in [5.74, 6) is 0.881. The minimum absolute atomic E-state index is 0.0108. The molecule has 1 aromatic rings. The second-order valence-corrected chi connectivity index (χ2v) is 10.8. The Hall–Kier alpha value is -1.78. The van der Waals surface area contributed by atoms with Gasteiger partial charge in [-0.2, -0.15) is 0 Å². The first-order chi connectivity index (χ1) is 16.4. The molecule has 34 heavy (non-hydrogen) atoms. The van der Waals surface area contributed by atoms with Gasteiger partial charge in [0.2, 0.25) is 10.0 Å². The molecule has 8 nitrogen and oxygen atoms in total. The number of esters is 1. The van der Waals surface area contributed by atoms with Crippen molar-refractivity contribution in [1.82, 2.24) is 9.62 Å². The number of sulfonamides is 1. The van der Waals surface area contributed by atoms with Gasteiger partial charge in [0, 0.05) is 0 Å². The van der Waals surface area contributed by atoms with Gasteiger partial charge >= 0.3 is 110 Å². The van der Waals surface area contributed by atoms with Gasteiger partial charge in [0.1, 0.15) is 6.04 Å². The van der Waals surface area contributed by atoms with Gasteiger partial charge in [-0.25, -0.2) is 13.1 Å². The Kier molecular flexibility index (Phi) is 12.8. The molecule has 0 bridgehead atoms. The zero-order valence-electron chi connectivity index (χ0n) is 20.5. The SMILES string of the molecule is CCCCS(=O)(=O)NC(Cc1ccc(OCCCCC2CCN(CB=O)CC2)cc1)C(=O)OC. The Labute approximate surface area is 205 Å². The first-order valence-corrected chi connectivity index (χ1v) is 14.0. The Morgan fingerprint density at radius 2 is 1.88 bits per heavy atom. The Morgan fingerprint density at radius 1 is 1.18 bits per heavy atom. The van der Waals surface area contributed by atoms with Crippen molar-refractivity contribution in [3.05, 3.63) is 29.8 Å². The van der Waals surface area contributed by atoms with Gasteiger partial charge in [0.05, 0.1) is 12.9 Å². The van der Waals surface area contributed by atoms with Gasteiger partial charge in [-0.3, -0.25) is 4.79 Å². The summed E-state index contributed by atoms with van der Waals surface area (Å²) in [5, 5.41) is 0. The van der Waals surface area contributed by atoms with E-state index >= 15 is 0 Å². The van der Waals surface area contributed by atoms with E-state index in [9.17, 15) is 17.9 Å². The van der Waals surface area contributed by atoms with Crippen molar-refractivity contribution in [3.8, 4) is 5.75 Å². The summed E-state index contributed by atoms with van der Waals surface area (Å²) >= 11 is 0. The predicted octanol–water partition coefficient (Wildman–Crippen LogP) is 2.76. The average Bonchev–Trinajstić information content (AvgIpc) is 2.83. The number of carbonyl (C=O) groups is 1. The van der Waals surface area contributed by atoms with Crippen molar-refractivity contribution < 1.29 is 27.4 Å². The van der Waals surface area contributed by atoms with Crippen molar-refractivity contribution in [2.75, 3.05) is 39.0 Å². The predicted molar refractivity (Wildman–Crippen MR) is 133 cm³/mol. The summed E-state index contributed by atoms with van der Waals surface area (Å²) < 4.78 is 48.2. The van der Waals surface area contributed by atoms with Crippen molar-refractivity contribution in [2.45, 2.75) is 64.3 Å². The summed E-state index contributed by atoms with van der Waals surface area (Å²) in [7, 11) is -1.31. The zero-order chi connectivity index (χ0) is 24.8. The van der Waals surface area contributed by atoms with E-state index in [1.165, 1.54) is 13.5 Å². The number of ether oxygens (including phenoxy) is 2. The maximum atomic E-state index is 12.2. The monoisotopic (exact) mass is 494 g/mol. The molecule has 0 spiro atoms. The molecule has 10 heteroatoms. The summed E-state index contributed by atoms with van der Waals surface area (Å²) in [6.07, 6.45) is 7.69. The molecule has 0 aliphatic carbocycles. The van der Waals surface area contributed by atoms with E-state index in [0.717, 1.165) is 69.6 Å². The molecule has 1 saturated heterocycles. The number of likely N-dealkylation sites (tertiary alicyclic amines) is 1. The second kappa shape index (κ2) is 15.3. The van der Waals surface area contributed by atoms with Gasteiger partial charge in [0.25, 0.3) is 0 Å².